The molecule has 30 heavy (non-hydrogen) atoms. The van der Waals surface area contributed by atoms with Gasteiger partial charge in [-0.05, 0) is 44.0 Å². The van der Waals surface area contributed by atoms with E-state index in [1.54, 1.807) is 43.5 Å². The van der Waals surface area contributed by atoms with Crippen molar-refractivity contribution in [2.24, 2.45) is 5.92 Å². The average molecular weight is 415 g/mol. The molecule has 0 heterocycles. The first-order valence-electron chi connectivity index (χ1n) is 10.1. The Labute approximate surface area is 177 Å². The summed E-state index contributed by atoms with van der Waals surface area (Å²) in [5.74, 6) is 1.41. The van der Waals surface area contributed by atoms with Gasteiger partial charge in [0.05, 0.1) is 31.7 Å². The molecule has 2 amide bonds. The van der Waals surface area contributed by atoms with Crippen molar-refractivity contribution in [1.29, 1.82) is 0 Å². The Morgan fingerprint density at radius 2 is 1.43 bits per heavy atom. The van der Waals surface area contributed by atoms with Gasteiger partial charge in [0.25, 0.3) is 5.91 Å². The minimum absolute atomic E-state index is 0.108. The molecule has 0 spiro atoms. The van der Waals surface area contributed by atoms with Gasteiger partial charge in [-0.1, -0.05) is 13.8 Å². The Bertz CT molecular complexity index is 863. The number of anilines is 2. The quantitative estimate of drug-likeness (QED) is 0.587. The van der Waals surface area contributed by atoms with E-state index < -0.39 is 0 Å². The lowest BCUT2D eigenvalue weighted by Gasteiger charge is -2.18. The molecule has 0 atom stereocenters. The van der Waals surface area contributed by atoms with Crippen molar-refractivity contribution < 1.29 is 23.8 Å². The normalized spacial score (nSPS) is 10.5. The molecule has 162 valence electrons. The summed E-state index contributed by atoms with van der Waals surface area (Å²) in [5.41, 5.74) is 1.45. The van der Waals surface area contributed by atoms with E-state index in [2.05, 4.69) is 10.6 Å². The average Bonchev–Trinajstić information content (AvgIpc) is 2.70. The van der Waals surface area contributed by atoms with Crippen molar-refractivity contribution in [3.8, 4) is 17.2 Å². The second kappa shape index (κ2) is 11.1. The number of hydrogen-bond donors (Lipinski definition) is 2. The Morgan fingerprint density at radius 3 is 1.90 bits per heavy atom. The summed E-state index contributed by atoms with van der Waals surface area (Å²) in [6, 6.07) is 10.1. The Kier molecular flexibility index (Phi) is 8.53. The van der Waals surface area contributed by atoms with Crippen LogP contribution in [0.4, 0.5) is 11.4 Å². The highest BCUT2D eigenvalue weighted by atomic mass is 16.5. The third kappa shape index (κ3) is 6.40. The van der Waals surface area contributed by atoms with E-state index in [1.165, 1.54) is 0 Å². The fraction of sp³-hybridized carbons (Fsp3) is 0.391. The van der Waals surface area contributed by atoms with Crippen LogP contribution in [0.5, 0.6) is 17.2 Å². The standard InChI is InChI=1S/C23H30N2O5/c1-6-29-20-14-19(25-23(27)16-8-10-17(28-5)11-9-16)21(30-7-2)13-18(20)24-22(26)12-15(3)4/h8-11,13-15H,6-7,12H2,1-5H3,(H,24,26)(H,25,27). The summed E-state index contributed by atoms with van der Waals surface area (Å²) in [6.45, 7) is 8.47. The summed E-state index contributed by atoms with van der Waals surface area (Å²) in [7, 11) is 1.57. The Balaban J connectivity index is 2.33. The Morgan fingerprint density at radius 1 is 0.900 bits per heavy atom. The summed E-state index contributed by atoms with van der Waals surface area (Å²) >= 11 is 0. The maximum atomic E-state index is 12.7. The van der Waals surface area contributed by atoms with Crippen LogP contribution in [-0.2, 0) is 4.79 Å². The molecule has 7 nitrogen and oxygen atoms in total. The maximum Gasteiger partial charge on any atom is 0.255 e. The summed E-state index contributed by atoms with van der Waals surface area (Å²) in [5, 5.41) is 5.74. The first kappa shape index (κ1) is 23.1. The van der Waals surface area contributed by atoms with Crippen LogP contribution >= 0.6 is 0 Å². The lowest BCUT2D eigenvalue weighted by atomic mass is 10.1. The van der Waals surface area contributed by atoms with Crippen molar-refractivity contribution >= 4 is 23.2 Å². The third-order valence-electron chi connectivity index (χ3n) is 4.15. The molecule has 0 saturated heterocycles. The second-order valence-electron chi connectivity index (χ2n) is 7.04. The van der Waals surface area contributed by atoms with Crippen LogP contribution in [0.1, 0.15) is 44.5 Å². The molecule has 7 heteroatoms. The largest absolute Gasteiger partial charge is 0.497 e. The van der Waals surface area contributed by atoms with Crippen LogP contribution in [0, 0.1) is 5.92 Å². The van der Waals surface area contributed by atoms with Crippen LogP contribution in [0.2, 0.25) is 0 Å². The van der Waals surface area contributed by atoms with Gasteiger partial charge in [-0.2, -0.15) is 0 Å². The smallest absolute Gasteiger partial charge is 0.255 e. The third-order valence-corrected chi connectivity index (χ3v) is 4.15. The number of carbonyl (C=O) groups excluding carboxylic acids is 2. The maximum absolute atomic E-state index is 12.7. The van der Waals surface area contributed by atoms with Gasteiger partial charge in [0.2, 0.25) is 5.91 Å². The summed E-state index contributed by atoms with van der Waals surface area (Å²) in [6.07, 6.45) is 0.394. The molecule has 2 aromatic carbocycles. The predicted molar refractivity (Wildman–Crippen MR) is 118 cm³/mol. The van der Waals surface area contributed by atoms with E-state index in [4.69, 9.17) is 14.2 Å². The molecule has 0 bridgehead atoms. The first-order chi connectivity index (χ1) is 14.4. The lowest BCUT2D eigenvalue weighted by molar-refractivity contribution is -0.116. The second-order valence-corrected chi connectivity index (χ2v) is 7.04. The first-order valence-corrected chi connectivity index (χ1v) is 10.1. The molecule has 2 rings (SSSR count). The van der Waals surface area contributed by atoms with Gasteiger partial charge in [0.1, 0.15) is 17.2 Å². The van der Waals surface area contributed by atoms with Crippen molar-refractivity contribution in [3.63, 3.8) is 0 Å². The zero-order chi connectivity index (χ0) is 22.1. The lowest BCUT2D eigenvalue weighted by Crippen LogP contribution is -2.16. The van der Waals surface area contributed by atoms with Gasteiger partial charge in [-0.15, -0.1) is 0 Å². The van der Waals surface area contributed by atoms with Crippen molar-refractivity contribution in [2.75, 3.05) is 31.0 Å². The minimum atomic E-state index is -0.294. The molecule has 0 saturated carbocycles. The highest BCUT2D eigenvalue weighted by molar-refractivity contribution is 6.05. The monoisotopic (exact) mass is 414 g/mol. The Hall–Kier alpha value is -3.22. The van der Waals surface area contributed by atoms with Gasteiger partial charge >= 0.3 is 0 Å². The minimum Gasteiger partial charge on any atom is -0.497 e. The number of rotatable bonds is 10. The number of benzene rings is 2. The number of carbonyl (C=O) groups is 2. The summed E-state index contributed by atoms with van der Waals surface area (Å²) in [4.78, 5) is 25.0. The highest BCUT2D eigenvalue weighted by Gasteiger charge is 2.17. The fourth-order valence-corrected chi connectivity index (χ4v) is 2.81. The van der Waals surface area contributed by atoms with E-state index >= 15 is 0 Å². The molecule has 0 radical (unpaired) electrons. The van der Waals surface area contributed by atoms with Crippen LogP contribution in [-0.4, -0.2) is 32.1 Å². The topological polar surface area (TPSA) is 85.9 Å². The molecule has 0 aromatic heterocycles. The zero-order valence-electron chi connectivity index (χ0n) is 18.2. The fourth-order valence-electron chi connectivity index (χ4n) is 2.81. The molecule has 2 aromatic rings. The summed E-state index contributed by atoms with van der Waals surface area (Å²) < 4.78 is 16.5. The number of amides is 2. The van der Waals surface area contributed by atoms with Gasteiger partial charge in [0.15, 0.2) is 0 Å². The van der Waals surface area contributed by atoms with Crippen LogP contribution in [0.15, 0.2) is 36.4 Å². The van der Waals surface area contributed by atoms with Gasteiger partial charge in [-0.25, -0.2) is 0 Å². The van der Waals surface area contributed by atoms with E-state index in [1.807, 2.05) is 27.7 Å². The van der Waals surface area contributed by atoms with Crippen LogP contribution < -0.4 is 24.8 Å². The van der Waals surface area contributed by atoms with Gasteiger partial charge < -0.3 is 24.8 Å². The predicted octanol–water partition coefficient (Wildman–Crippen LogP) is 4.73. The van der Waals surface area contributed by atoms with Crippen molar-refractivity contribution in [3.05, 3.63) is 42.0 Å². The van der Waals surface area contributed by atoms with E-state index in [9.17, 15) is 9.59 Å². The molecule has 0 aliphatic rings. The van der Waals surface area contributed by atoms with Crippen LogP contribution in [0.25, 0.3) is 0 Å². The highest BCUT2D eigenvalue weighted by Crippen LogP contribution is 2.37. The van der Waals surface area contributed by atoms with Gasteiger partial charge in [0, 0.05) is 24.1 Å². The van der Waals surface area contributed by atoms with E-state index in [0.717, 1.165) is 0 Å². The number of methoxy groups -OCH3 is 1. The number of ether oxygens (including phenoxy) is 3. The molecular formula is C23H30N2O5. The number of nitrogens with one attached hydrogen (secondary N) is 2. The van der Waals surface area contributed by atoms with Crippen LogP contribution in [0.3, 0.4) is 0 Å². The molecule has 0 aliphatic carbocycles. The zero-order valence-corrected chi connectivity index (χ0v) is 18.2. The van der Waals surface area contributed by atoms with Gasteiger partial charge in [-0.3, -0.25) is 9.59 Å². The molecule has 0 unspecified atom stereocenters. The molecule has 0 aliphatic heterocycles. The molecular weight excluding hydrogens is 384 g/mol. The van der Waals surface area contributed by atoms with Crippen molar-refractivity contribution in [1.82, 2.24) is 0 Å². The van der Waals surface area contributed by atoms with E-state index in [-0.39, 0.29) is 17.7 Å². The number of hydrogen-bond acceptors (Lipinski definition) is 5. The SMILES string of the molecule is CCOc1cc(NC(=O)c2ccc(OC)cc2)c(OCC)cc1NC(=O)CC(C)C. The molecule has 0 fully saturated rings. The van der Waals surface area contributed by atoms with Crippen molar-refractivity contribution in [2.45, 2.75) is 34.1 Å². The van der Waals surface area contributed by atoms with E-state index in [0.29, 0.717) is 53.8 Å². The molecule has 2 N–H and O–H groups in total.